The van der Waals surface area contributed by atoms with Gasteiger partial charge in [-0.3, -0.25) is 0 Å². The lowest BCUT2D eigenvalue weighted by Crippen LogP contribution is -2.20. The maximum atomic E-state index is 13.9. The van der Waals surface area contributed by atoms with E-state index in [1.54, 1.807) is 18.2 Å². The summed E-state index contributed by atoms with van der Waals surface area (Å²) in [4.78, 5) is 2.11. The lowest BCUT2D eigenvalue weighted by atomic mass is 10.1. The average molecular weight is 302 g/mol. The minimum atomic E-state index is -0.225. The molecule has 1 aliphatic heterocycles. The van der Waals surface area contributed by atoms with Gasteiger partial charge in [-0.1, -0.05) is 18.2 Å². The van der Waals surface area contributed by atoms with E-state index >= 15 is 0 Å². The van der Waals surface area contributed by atoms with Gasteiger partial charge in [-0.25, -0.2) is 8.78 Å². The van der Waals surface area contributed by atoms with Crippen molar-refractivity contribution in [3.63, 3.8) is 0 Å². The topological polar surface area (TPSA) is 15.3 Å². The van der Waals surface area contributed by atoms with Crippen molar-refractivity contribution >= 4 is 5.69 Å². The van der Waals surface area contributed by atoms with Crippen LogP contribution in [0.2, 0.25) is 0 Å². The first-order chi connectivity index (χ1) is 10.7. The van der Waals surface area contributed by atoms with Crippen LogP contribution in [-0.4, -0.2) is 13.1 Å². The van der Waals surface area contributed by atoms with Gasteiger partial charge >= 0.3 is 0 Å². The highest BCUT2D eigenvalue weighted by molar-refractivity contribution is 5.50. The third kappa shape index (κ3) is 3.63. The normalized spacial score (nSPS) is 14.5. The second-order valence-corrected chi connectivity index (χ2v) is 5.71. The summed E-state index contributed by atoms with van der Waals surface area (Å²) in [5.74, 6) is -0.373. The molecule has 0 spiro atoms. The smallest absolute Gasteiger partial charge is 0.146 e. The molecule has 4 heteroatoms. The summed E-state index contributed by atoms with van der Waals surface area (Å²) in [7, 11) is 0. The average Bonchev–Trinajstić information content (AvgIpc) is 3.05. The molecule has 1 saturated heterocycles. The van der Waals surface area contributed by atoms with Crippen LogP contribution >= 0.6 is 0 Å². The van der Waals surface area contributed by atoms with Crippen LogP contribution in [0.1, 0.15) is 24.0 Å². The van der Waals surface area contributed by atoms with Gasteiger partial charge in [0.2, 0.25) is 0 Å². The molecule has 0 unspecified atom stereocenters. The Labute approximate surface area is 129 Å². The Kier molecular flexibility index (Phi) is 4.68. The molecule has 2 aromatic carbocycles. The van der Waals surface area contributed by atoms with Gasteiger partial charge in [-0.05, 0) is 48.2 Å². The van der Waals surface area contributed by atoms with Crippen LogP contribution in [0.25, 0.3) is 0 Å². The Balaban J connectivity index is 1.60. The van der Waals surface area contributed by atoms with Crippen LogP contribution in [0, 0.1) is 11.6 Å². The Morgan fingerprint density at radius 2 is 1.50 bits per heavy atom. The third-order valence-corrected chi connectivity index (χ3v) is 4.03. The summed E-state index contributed by atoms with van der Waals surface area (Å²) in [6.07, 6.45) is 2.26. The summed E-state index contributed by atoms with van der Waals surface area (Å²) >= 11 is 0. The van der Waals surface area contributed by atoms with E-state index in [4.69, 9.17) is 0 Å². The van der Waals surface area contributed by atoms with E-state index in [0.717, 1.165) is 37.1 Å². The molecule has 3 rings (SSSR count). The molecule has 1 heterocycles. The predicted molar refractivity (Wildman–Crippen MR) is 84.8 cm³/mol. The highest BCUT2D eigenvalue weighted by Crippen LogP contribution is 2.24. The Hall–Kier alpha value is -1.94. The van der Waals surface area contributed by atoms with Crippen LogP contribution in [0.3, 0.4) is 0 Å². The zero-order chi connectivity index (χ0) is 15.4. The molecule has 2 aromatic rings. The number of rotatable bonds is 5. The van der Waals surface area contributed by atoms with Gasteiger partial charge in [0.15, 0.2) is 0 Å². The van der Waals surface area contributed by atoms with Crippen molar-refractivity contribution in [1.29, 1.82) is 0 Å². The van der Waals surface area contributed by atoms with Crippen molar-refractivity contribution in [3.05, 3.63) is 65.2 Å². The first kappa shape index (κ1) is 15.0. The molecule has 1 N–H and O–H groups in total. The van der Waals surface area contributed by atoms with E-state index in [1.807, 2.05) is 12.1 Å². The van der Waals surface area contributed by atoms with Gasteiger partial charge in [0, 0.05) is 26.2 Å². The van der Waals surface area contributed by atoms with Crippen LogP contribution < -0.4 is 10.2 Å². The van der Waals surface area contributed by atoms with Crippen molar-refractivity contribution in [2.45, 2.75) is 25.9 Å². The van der Waals surface area contributed by atoms with E-state index in [1.165, 1.54) is 12.1 Å². The molecule has 22 heavy (non-hydrogen) atoms. The molecule has 1 aliphatic rings. The summed E-state index contributed by atoms with van der Waals surface area (Å²) in [6.45, 7) is 3.20. The van der Waals surface area contributed by atoms with Crippen LogP contribution in [-0.2, 0) is 13.1 Å². The van der Waals surface area contributed by atoms with Gasteiger partial charge in [0.1, 0.15) is 11.6 Å². The van der Waals surface area contributed by atoms with Crippen molar-refractivity contribution in [2.75, 3.05) is 18.0 Å². The quantitative estimate of drug-likeness (QED) is 0.902. The number of halogens is 2. The molecule has 0 radical (unpaired) electrons. The molecule has 2 nitrogen and oxygen atoms in total. The molecule has 0 atom stereocenters. The Morgan fingerprint density at radius 1 is 0.864 bits per heavy atom. The Morgan fingerprint density at radius 3 is 2.23 bits per heavy atom. The molecule has 0 aromatic heterocycles. The van der Waals surface area contributed by atoms with Gasteiger partial charge in [-0.15, -0.1) is 0 Å². The zero-order valence-corrected chi connectivity index (χ0v) is 12.5. The lowest BCUT2D eigenvalue weighted by molar-refractivity contribution is 0.619. The van der Waals surface area contributed by atoms with E-state index in [2.05, 4.69) is 10.2 Å². The first-order valence-electron chi connectivity index (χ1n) is 7.71. The number of nitrogens with zero attached hydrogens (tertiary/aromatic N) is 1. The summed E-state index contributed by atoms with van der Waals surface area (Å²) < 4.78 is 26.8. The van der Waals surface area contributed by atoms with E-state index in [0.29, 0.717) is 18.8 Å². The van der Waals surface area contributed by atoms with Crippen LogP contribution in [0.5, 0.6) is 0 Å². The summed E-state index contributed by atoms with van der Waals surface area (Å²) in [5, 5.41) is 3.31. The zero-order valence-electron chi connectivity index (χ0n) is 12.5. The van der Waals surface area contributed by atoms with Crippen molar-refractivity contribution in [1.82, 2.24) is 5.32 Å². The molecule has 116 valence electrons. The van der Waals surface area contributed by atoms with Crippen molar-refractivity contribution in [2.24, 2.45) is 0 Å². The fourth-order valence-corrected chi connectivity index (χ4v) is 2.82. The molecule has 1 fully saturated rings. The largest absolute Gasteiger partial charge is 0.369 e. The predicted octanol–water partition coefficient (Wildman–Crippen LogP) is 3.85. The molecular weight excluding hydrogens is 282 g/mol. The third-order valence-electron chi connectivity index (χ3n) is 4.03. The maximum absolute atomic E-state index is 13.9. The van der Waals surface area contributed by atoms with Crippen molar-refractivity contribution < 1.29 is 8.78 Å². The standard InChI is InChI=1S/C18H20F2N2/c19-16-6-3-14(4-7-16)12-21-13-15-5-8-17(20)18(11-15)22-9-1-2-10-22/h3-8,11,21H,1-2,9-10,12-13H2. The fourth-order valence-electron chi connectivity index (χ4n) is 2.82. The number of hydrogen-bond acceptors (Lipinski definition) is 2. The number of nitrogens with one attached hydrogen (secondary N) is 1. The van der Waals surface area contributed by atoms with Crippen LogP contribution in [0.15, 0.2) is 42.5 Å². The van der Waals surface area contributed by atoms with Gasteiger partial charge < -0.3 is 10.2 Å². The number of anilines is 1. The SMILES string of the molecule is Fc1ccc(CNCc2ccc(F)c(N3CCCC3)c2)cc1. The van der Waals surface area contributed by atoms with Gasteiger partial charge in [0.25, 0.3) is 0 Å². The fraction of sp³-hybridized carbons (Fsp3) is 0.333. The highest BCUT2D eigenvalue weighted by Gasteiger charge is 2.16. The first-order valence-corrected chi connectivity index (χ1v) is 7.71. The maximum Gasteiger partial charge on any atom is 0.146 e. The van der Waals surface area contributed by atoms with Crippen molar-refractivity contribution in [3.8, 4) is 0 Å². The monoisotopic (exact) mass is 302 g/mol. The lowest BCUT2D eigenvalue weighted by Gasteiger charge is -2.19. The summed E-state index contributed by atoms with van der Waals surface area (Å²) in [6, 6.07) is 11.7. The molecule has 0 aliphatic carbocycles. The van der Waals surface area contributed by atoms with Gasteiger partial charge in [-0.2, -0.15) is 0 Å². The van der Waals surface area contributed by atoms with Gasteiger partial charge in [0.05, 0.1) is 5.69 Å². The Bertz CT molecular complexity index is 619. The van der Waals surface area contributed by atoms with Crippen LogP contribution in [0.4, 0.5) is 14.5 Å². The molecule has 0 saturated carbocycles. The number of benzene rings is 2. The van der Waals surface area contributed by atoms with E-state index in [9.17, 15) is 8.78 Å². The van der Waals surface area contributed by atoms with E-state index in [-0.39, 0.29) is 11.6 Å². The summed E-state index contributed by atoms with van der Waals surface area (Å²) in [5.41, 5.74) is 2.80. The van der Waals surface area contributed by atoms with E-state index < -0.39 is 0 Å². The molecule has 0 amide bonds. The minimum absolute atomic E-state index is 0.149. The molecular formula is C18H20F2N2. The second kappa shape index (κ2) is 6.88. The number of hydrogen-bond donors (Lipinski definition) is 1. The minimum Gasteiger partial charge on any atom is -0.369 e. The molecule has 0 bridgehead atoms. The second-order valence-electron chi connectivity index (χ2n) is 5.71. The highest BCUT2D eigenvalue weighted by atomic mass is 19.1.